The number of amides is 1. The molecule has 1 aromatic heterocycles. The Hall–Kier alpha value is -2.02. The number of nitrogens with zero attached hydrogens (tertiary/aromatic N) is 4. The number of piperazine rings is 1. The predicted molar refractivity (Wildman–Crippen MR) is 71.0 cm³/mol. The molecule has 108 valence electrons. The van der Waals surface area contributed by atoms with E-state index in [0.717, 1.165) is 0 Å². The molecule has 1 aromatic rings. The Balaban J connectivity index is 1.91. The number of methoxy groups -OCH3 is 1. The van der Waals surface area contributed by atoms with E-state index in [4.69, 9.17) is 4.74 Å². The van der Waals surface area contributed by atoms with Crippen molar-refractivity contribution in [1.82, 2.24) is 19.8 Å². The largest absolute Gasteiger partial charge is 0.468 e. The SMILES string of the molecule is COC(=O)[C@@H](C)N1CCN(C(=O)c2cnccn2)CC1. The van der Waals surface area contributed by atoms with Crippen LogP contribution in [0, 0.1) is 0 Å². The minimum atomic E-state index is -0.284. The van der Waals surface area contributed by atoms with Gasteiger partial charge in [-0.1, -0.05) is 0 Å². The monoisotopic (exact) mass is 278 g/mol. The third-order valence-electron chi connectivity index (χ3n) is 3.47. The number of carbonyl (C=O) groups is 2. The Morgan fingerprint density at radius 2 is 1.95 bits per heavy atom. The van der Waals surface area contributed by atoms with E-state index < -0.39 is 0 Å². The van der Waals surface area contributed by atoms with Gasteiger partial charge in [0, 0.05) is 38.6 Å². The highest BCUT2D eigenvalue weighted by Gasteiger charge is 2.28. The molecule has 0 spiro atoms. The molecule has 0 bridgehead atoms. The van der Waals surface area contributed by atoms with Gasteiger partial charge < -0.3 is 9.64 Å². The first kappa shape index (κ1) is 14.4. The lowest BCUT2D eigenvalue weighted by Crippen LogP contribution is -2.53. The highest BCUT2D eigenvalue weighted by Crippen LogP contribution is 2.10. The van der Waals surface area contributed by atoms with Crippen molar-refractivity contribution >= 4 is 11.9 Å². The summed E-state index contributed by atoms with van der Waals surface area (Å²) in [5, 5.41) is 0. The number of hydrogen-bond donors (Lipinski definition) is 0. The van der Waals surface area contributed by atoms with Crippen molar-refractivity contribution in [3.63, 3.8) is 0 Å². The maximum absolute atomic E-state index is 12.2. The van der Waals surface area contributed by atoms with Gasteiger partial charge in [-0.25, -0.2) is 4.98 Å². The van der Waals surface area contributed by atoms with Crippen molar-refractivity contribution in [2.75, 3.05) is 33.3 Å². The maximum Gasteiger partial charge on any atom is 0.322 e. The lowest BCUT2D eigenvalue weighted by atomic mass is 10.2. The molecule has 0 N–H and O–H groups in total. The standard InChI is InChI=1S/C13H18N4O3/c1-10(13(19)20-2)16-5-7-17(8-6-16)12(18)11-9-14-3-4-15-11/h3-4,9-10H,5-8H2,1-2H3/t10-/m1/s1. The third-order valence-corrected chi connectivity index (χ3v) is 3.47. The van der Waals surface area contributed by atoms with E-state index >= 15 is 0 Å². The van der Waals surface area contributed by atoms with Crippen LogP contribution in [-0.2, 0) is 9.53 Å². The molecule has 0 aromatic carbocycles. The summed E-state index contributed by atoms with van der Waals surface area (Å²) < 4.78 is 4.73. The third kappa shape index (κ3) is 3.11. The lowest BCUT2D eigenvalue weighted by Gasteiger charge is -2.36. The van der Waals surface area contributed by atoms with Crippen LogP contribution in [0.5, 0.6) is 0 Å². The smallest absolute Gasteiger partial charge is 0.322 e. The molecule has 0 radical (unpaired) electrons. The molecule has 0 unspecified atom stereocenters. The van der Waals surface area contributed by atoms with Crippen molar-refractivity contribution in [2.24, 2.45) is 0 Å². The number of aromatic nitrogens is 2. The van der Waals surface area contributed by atoms with Crippen LogP contribution in [0.2, 0.25) is 0 Å². The van der Waals surface area contributed by atoms with Crippen LogP contribution < -0.4 is 0 Å². The molecule has 20 heavy (non-hydrogen) atoms. The van der Waals surface area contributed by atoms with E-state index in [2.05, 4.69) is 9.97 Å². The minimum Gasteiger partial charge on any atom is -0.468 e. The van der Waals surface area contributed by atoms with Crippen LogP contribution in [-0.4, -0.2) is 71.0 Å². The van der Waals surface area contributed by atoms with Crippen LogP contribution in [0.15, 0.2) is 18.6 Å². The van der Waals surface area contributed by atoms with Crippen molar-refractivity contribution < 1.29 is 14.3 Å². The van der Waals surface area contributed by atoms with Gasteiger partial charge in [-0.05, 0) is 6.92 Å². The summed E-state index contributed by atoms with van der Waals surface area (Å²) in [5.74, 6) is -0.373. The summed E-state index contributed by atoms with van der Waals surface area (Å²) >= 11 is 0. The molecular weight excluding hydrogens is 260 g/mol. The average molecular weight is 278 g/mol. The van der Waals surface area contributed by atoms with E-state index in [1.165, 1.54) is 25.7 Å². The van der Waals surface area contributed by atoms with Gasteiger partial charge in [0.2, 0.25) is 0 Å². The Bertz CT molecular complexity index is 472. The molecule has 1 aliphatic heterocycles. The summed E-state index contributed by atoms with van der Waals surface area (Å²) in [6, 6.07) is -0.284. The molecular formula is C13H18N4O3. The Morgan fingerprint density at radius 3 is 2.50 bits per heavy atom. The van der Waals surface area contributed by atoms with Gasteiger partial charge in [0.05, 0.1) is 13.3 Å². The Morgan fingerprint density at radius 1 is 1.25 bits per heavy atom. The molecule has 2 heterocycles. The fourth-order valence-electron chi connectivity index (χ4n) is 2.20. The number of rotatable bonds is 3. The van der Waals surface area contributed by atoms with E-state index in [0.29, 0.717) is 31.9 Å². The average Bonchev–Trinajstić information content (AvgIpc) is 2.53. The van der Waals surface area contributed by atoms with Gasteiger partial charge in [-0.2, -0.15) is 0 Å². The summed E-state index contributed by atoms with van der Waals surface area (Å²) in [6.07, 6.45) is 4.50. The van der Waals surface area contributed by atoms with Crippen LogP contribution in [0.25, 0.3) is 0 Å². The van der Waals surface area contributed by atoms with Crippen LogP contribution in [0.3, 0.4) is 0 Å². The van der Waals surface area contributed by atoms with Crippen molar-refractivity contribution in [3.8, 4) is 0 Å². The summed E-state index contributed by atoms with van der Waals surface area (Å²) in [6.45, 7) is 4.23. The highest BCUT2D eigenvalue weighted by atomic mass is 16.5. The van der Waals surface area contributed by atoms with Gasteiger partial charge in [0.1, 0.15) is 11.7 Å². The summed E-state index contributed by atoms with van der Waals surface area (Å²) in [5.41, 5.74) is 0.349. The van der Waals surface area contributed by atoms with Crippen molar-refractivity contribution in [1.29, 1.82) is 0 Å². The van der Waals surface area contributed by atoms with Crippen LogP contribution in [0.4, 0.5) is 0 Å². The van der Waals surface area contributed by atoms with Crippen molar-refractivity contribution in [3.05, 3.63) is 24.3 Å². The first-order valence-electron chi connectivity index (χ1n) is 6.50. The quantitative estimate of drug-likeness (QED) is 0.713. The van der Waals surface area contributed by atoms with Crippen LogP contribution >= 0.6 is 0 Å². The molecule has 2 rings (SSSR count). The number of hydrogen-bond acceptors (Lipinski definition) is 6. The van der Waals surface area contributed by atoms with E-state index in [-0.39, 0.29) is 17.9 Å². The molecule has 1 atom stereocenters. The molecule has 1 saturated heterocycles. The molecule has 7 heteroatoms. The predicted octanol–water partition coefficient (Wildman–Crippen LogP) is -0.204. The van der Waals surface area contributed by atoms with Gasteiger partial charge in [-0.3, -0.25) is 19.5 Å². The highest BCUT2D eigenvalue weighted by molar-refractivity contribution is 5.92. The zero-order chi connectivity index (χ0) is 14.5. The first-order chi connectivity index (χ1) is 9.63. The fourth-order valence-corrected chi connectivity index (χ4v) is 2.20. The van der Waals surface area contributed by atoms with Gasteiger partial charge in [0.25, 0.3) is 5.91 Å². The Kier molecular flexibility index (Phi) is 4.62. The Labute approximate surface area is 117 Å². The van der Waals surface area contributed by atoms with E-state index in [9.17, 15) is 9.59 Å². The van der Waals surface area contributed by atoms with Crippen LogP contribution in [0.1, 0.15) is 17.4 Å². The van der Waals surface area contributed by atoms with Gasteiger partial charge in [-0.15, -0.1) is 0 Å². The number of esters is 1. The van der Waals surface area contributed by atoms with E-state index in [1.807, 2.05) is 11.8 Å². The molecule has 7 nitrogen and oxygen atoms in total. The number of ether oxygens (including phenoxy) is 1. The summed E-state index contributed by atoms with van der Waals surface area (Å²) in [7, 11) is 1.38. The maximum atomic E-state index is 12.2. The molecule has 1 fully saturated rings. The van der Waals surface area contributed by atoms with Gasteiger partial charge >= 0.3 is 5.97 Å². The van der Waals surface area contributed by atoms with E-state index in [1.54, 1.807) is 4.90 Å². The second-order valence-electron chi connectivity index (χ2n) is 4.62. The fraction of sp³-hybridized carbons (Fsp3) is 0.538. The molecule has 1 amide bonds. The normalized spacial score (nSPS) is 17.6. The topological polar surface area (TPSA) is 75.6 Å². The van der Waals surface area contributed by atoms with Crippen molar-refractivity contribution in [2.45, 2.75) is 13.0 Å². The molecule has 0 aliphatic carbocycles. The minimum absolute atomic E-state index is 0.122. The second-order valence-corrected chi connectivity index (χ2v) is 4.62. The zero-order valence-electron chi connectivity index (χ0n) is 11.7. The second kappa shape index (κ2) is 6.42. The number of carbonyl (C=O) groups excluding carboxylic acids is 2. The lowest BCUT2D eigenvalue weighted by molar-refractivity contribution is -0.146. The summed E-state index contributed by atoms with van der Waals surface area (Å²) in [4.78, 5) is 35.3. The molecule has 1 aliphatic rings. The molecule has 0 saturated carbocycles. The van der Waals surface area contributed by atoms with Gasteiger partial charge in [0.15, 0.2) is 0 Å². The first-order valence-corrected chi connectivity index (χ1v) is 6.50. The zero-order valence-corrected chi connectivity index (χ0v) is 11.7.